The standard InChI is InChI=1S/C13H14BrN5/c1-6-11(7(2)19(3)18-6)13-16-10-5-8(14)4-9(15)12(10)17-13/h4-5H,15H2,1-3H3,(H,16,17). The number of halogens is 1. The molecule has 0 saturated heterocycles. The lowest BCUT2D eigenvalue weighted by molar-refractivity contribution is 0.731. The smallest absolute Gasteiger partial charge is 0.142 e. The van der Waals surface area contributed by atoms with E-state index in [0.717, 1.165) is 38.3 Å². The van der Waals surface area contributed by atoms with Crippen molar-refractivity contribution in [2.75, 3.05) is 5.73 Å². The van der Waals surface area contributed by atoms with Crippen LogP contribution in [0.15, 0.2) is 16.6 Å². The number of nitrogen functional groups attached to an aromatic ring is 1. The number of aromatic amines is 1. The summed E-state index contributed by atoms with van der Waals surface area (Å²) in [6.45, 7) is 4.01. The Balaban J connectivity index is 2.29. The van der Waals surface area contributed by atoms with Gasteiger partial charge in [-0.05, 0) is 26.0 Å². The number of hydrogen-bond donors (Lipinski definition) is 2. The number of hydrogen-bond acceptors (Lipinski definition) is 3. The second kappa shape index (κ2) is 4.09. The largest absolute Gasteiger partial charge is 0.397 e. The third-order valence-electron chi connectivity index (χ3n) is 3.33. The number of nitrogens with one attached hydrogen (secondary N) is 1. The first-order valence-electron chi connectivity index (χ1n) is 5.92. The minimum Gasteiger partial charge on any atom is -0.397 e. The van der Waals surface area contributed by atoms with Crippen molar-refractivity contribution in [1.29, 1.82) is 0 Å². The van der Waals surface area contributed by atoms with Crippen LogP contribution < -0.4 is 5.73 Å². The van der Waals surface area contributed by atoms with Gasteiger partial charge in [-0.1, -0.05) is 15.9 Å². The molecule has 0 fully saturated rings. The normalized spacial score (nSPS) is 11.4. The van der Waals surface area contributed by atoms with Gasteiger partial charge in [0.15, 0.2) is 0 Å². The molecule has 0 aliphatic carbocycles. The second-order valence-electron chi connectivity index (χ2n) is 4.65. The lowest BCUT2D eigenvalue weighted by Gasteiger charge is -1.96. The Morgan fingerprint density at radius 2 is 2.05 bits per heavy atom. The molecule has 3 rings (SSSR count). The fraction of sp³-hybridized carbons (Fsp3) is 0.231. The van der Waals surface area contributed by atoms with E-state index in [2.05, 4.69) is 31.0 Å². The maximum atomic E-state index is 6.00. The van der Waals surface area contributed by atoms with Crippen LogP contribution in [-0.4, -0.2) is 19.7 Å². The summed E-state index contributed by atoms with van der Waals surface area (Å²) in [4.78, 5) is 7.92. The highest BCUT2D eigenvalue weighted by molar-refractivity contribution is 9.10. The maximum Gasteiger partial charge on any atom is 0.142 e. The van der Waals surface area contributed by atoms with Crippen LogP contribution in [0.5, 0.6) is 0 Å². The molecule has 5 nitrogen and oxygen atoms in total. The molecule has 1 aromatic carbocycles. The average molecular weight is 320 g/mol. The summed E-state index contributed by atoms with van der Waals surface area (Å²) >= 11 is 3.44. The van der Waals surface area contributed by atoms with Crippen LogP contribution in [0.1, 0.15) is 11.4 Å². The van der Waals surface area contributed by atoms with Gasteiger partial charge in [-0.2, -0.15) is 5.10 Å². The number of nitrogens with zero attached hydrogens (tertiary/aromatic N) is 3. The van der Waals surface area contributed by atoms with Gasteiger partial charge in [-0.15, -0.1) is 0 Å². The molecule has 0 aliphatic heterocycles. The molecule has 3 N–H and O–H groups in total. The Morgan fingerprint density at radius 3 is 2.68 bits per heavy atom. The van der Waals surface area contributed by atoms with Gasteiger partial charge >= 0.3 is 0 Å². The van der Waals surface area contributed by atoms with Gasteiger partial charge in [0.05, 0.1) is 22.5 Å². The zero-order valence-electron chi connectivity index (χ0n) is 11.0. The SMILES string of the molecule is Cc1nn(C)c(C)c1-c1nc2c(N)cc(Br)cc2[nH]1. The van der Waals surface area contributed by atoms with Gasteiger partial charge in [-0.25, -0.2) is 4.98 Å². The molecule has 6 heteroatoms. The van der Waals surface area contributed by atoms with E-state index in [0.29, 0.717) is 5.69 Å². The Hall–Kier alpha value is -1.82. The second-order valence-corrected chi connectivity index (χ2v) is 5.56. The van der Waals surface area contributed by atoms with E-state index in [1.165, 1.54) is 0 Å². The number of H-pyrrole nitrogens is 1. The van der Waals surface area contributed by atoms with Gasteiger partial charge in [0.1, 0.15) is 11.3 Å². The number of benzene rings is 1. The first kappa shape index (κ1) is 12.2. The Morgan fingerprint density at radius 1 is 1.32 bits per heavy atom. The summed E-state index contributed by atoms with van der Waals surface area (Å²) in [5.41, 5.74) is 11.4. The molecular weight excluding hydrogens is 306 g/mol. The van der Waals surface area contributed by atoms with Crippen LogP contribution in [-0.2, 0) is 7.05 Å². The average Bonchev–Trinajstić information content (AvgIpc) is 2.81. The number of rotatable bonds is 1. The molecule has 0 unspecified atom stereocenters. The molecule has 0 amide bonds. The van der Waals surface area contributed by atoms with Crippen molar-refractivity contribution < 1.29 is 0 Å². The van der Waals surface area contributed by atoms with Crippen molar-refractivity contribution in [2.45, 2.75) is 13.8 Å². The highest BCUT2D eigenvalue weighted by atomic mass is 79.9. The Bertz CT molecular complexity index is 784. The minimum atomic E-state index is 0.658. The van der Waals surface area contributed by atoms with E-state index in [1.54, 1.807) is 0 Å². The quantitative estimate of drug-likeness (QED) is 0.677. The van der Waals surface area contributed by atoms with E-state index in [9.17, 15) is 0 Å². The zero-order chi connectivity index (χ0) is 13.7. The molecule has 0 bridgehead atoms. The fourth-order valence-electron chi connectivity index (χ4n) is 2.34. The highest BCUT2D eigenvalue weighted by Gasteiger charge is 2.16. The van der Waals surface area contributed by atoms with Gasteiger partial charge in [0.2, 0.25) is 0 Å². The van der Waals surface area contributed by atoms with Crippen LogP contribution in [0, 0.1) is 13.8 Å². The molecule has 0 spiro atoms. The van der Waals surface area contributed by atoms with Gasteiger partial charge < -0.3 is 10.7 Å². The number of aryl methyl sites for hydroxylation is 2. The molecule has 2 aromatic heterocycles. The number of aromatic nitrogens is 4. The number of anilines is 1. The summed E-state index contributed by atoms with van der Waals surface area (Å²) in [6.07, 6.45) is 0. The Kier molecular flexibility index (Phi) is 2.63. The summed E-state index contributed by atoms with van der Waals surface area (Å²) < 4.78 is 2.80. The topological polar surface area (TPSA) is 72.5 Å². The highest BCUT2D eigenvalue weighted by Crippen LogP contribution is 2.30. The van der Waals surface area contributed by atoms with Crippen molar-refractivity contribution in [3.05, 3.63) is 28.0 Å². The number of fused-ring (bicyclic) bond motifs is 1. The van der Waals surface area contributed by atoms with Gasteiger partial charge in [-0.3, -0.25) is 4.68 Å². The predicted molar refractivity (Wildman–Crippen MR) is 79.9 cm³/mol. The molecule has 3 aromatic rings. The summed E-state index contributed by atoms with van der Waals surface area (Å²) in [6, 6.07) is 3.83. The molecule has 2 heterocycles. The molecular formula is C13H14BrN5. The summed E-state index contributed by atoms with van der Waals surface area (Å²) in [5, 5.41) is 4.41. The van der Waals surface area contributed by atoms with Crippen molar-refractivity contribution in [2.24, 2.45) is 7.05 Å². The molecule has 0 aliphatic rings. The van der Waals surface area contributed by atoms with Gasteiger partial charge in [0, 0.05) is 17.2 Å². The first-order valence-corrected chi connectivity index (χ1v) is 6.72. The lowest BCUT2D eigenvalue weighted by Crippen LogP contribution is -1.93. The maximum absolute atomic E-state index is 6.00. The summed E-state index contributed by atoms with van der Waals surface area (Å²) in [5.74, 6) is 0.808. The third-order valence-corrected chi connectivity index (χ3v) is 3.78. The van der Waals surface area contributed by atoms with E-state index >= 15 is 0 Å². The minimum absolute atomic E-state index is 0.658. The van der Waals surface area contributed by atoms with E-state index in [4.69, 9.17) is 5.73 Å². The number of imidazole rings is 1. The van der Waals surface area contributed by atoms with E-state index in [-0.39, 0.29) is 0 Å². The predicted octanol–water partition coefficient (Wildman–Crippen LogP) is 2.92. The van der Waals surface area contributed by atoms with E-state index in [1.807, 2.05) is 37.7 Å². The molecule has 19 heavy (non-hydrogen) atoms. The third kappa shape index (κ3) is 1.83. The first-order chi connectivity index (χ1) is 8.97. The van der Waals surface area contributed by atoms with Crippen molar-refractivity contribution in [3.63, 3.8) is 0 Å². The monoisotopic (exact) mass is 319 g/mol. The van der Waals surface area contributed by atoms with Crippen LogP contribution >= 0.6 is 15.9 Å². The van der Waals surface area contributed by atoms with Crippen LogP contribution in [0.2, 0.25) is 0 Å². The molecule has 98 valence electrons. The van der Waals surface area contributed by atoms with Gasteiger partial charge in [0.25, 0.3) is 0 Å². The van der Waals surface area contributed by atoms with Crippen LogP contribution in [0.25, 0.3) is 22.4 Å². The Labute approximate surface area is 119 Å². The van der Waals surface area contributed by atoms with Crippen molar-refractivity contribution in [3.8, 4) is 11.4 Å². The fourth-order valence-corrected chi connectivity index (χ4v) is 2.82. The molecule has 0 atom stereocenters. The van der Waals surface area contributed by atoms with Crippen molar-refractivity contribution in [1.82, 2.24) is 19.7 Å². The van der Waals surface area contributed by atoms with Crippen LogP contribution in [0.4, 0.5) is 5.69 Å². The zero-order valence-corrected chi connectivity index (χ0v) is 12.5. The van der Waals surface area contributed by atoms with Crippen LogP contribution in [0.3, 0.4) is 0 Å². The molecule has 0 radical (unpaired) electrons. The number of nitrogens with two attached hydrogens (primary N) is 1. The van der Waals surface area contributed by atoms with Crippen molar-refractivity contribution >= 4 is 32.7 Å². The molecule has 0 saturated carbocycles. The van der Waals surface area contributed by atoms with E-state index < -0.39 is 0 Å². The lowest BCUT2D eigenvalue weighted by atomic mass is 10.2. The summed E-state index contributed by atoms with van der Waals surface area (Å²) in [7, 11) is 1.93.